The van der Waals surface area contributed by atoms with Crippen molar-refractivity contribution in [2.24, 2.45) is 0 Å². The number of aromatic nitrogens is 2. The summed E-state index contributed by atoms with van der Waals surface area (Å²) in [5.41, 5.74) is 3.23. The summed E-state index contributed by atoms with van der Waals surface area (Å²) in [5.74, 6) is -0.171. The Bertz CT molecular complexity index is 996. The number of thioether (sulfide) groups is 1. The van der Waals surface area contributed by atoms with Crippen molar-refractivity contribution in [3.8, 4) is 0 Å². The smallest absolute Gasteiger partial charge is 0.243 e. The van der Waals surface area contributed by atoms with Crippen molar-refractivity contribution in [3.63, 3.8) is 0 Å². The number of aryl methyl sites for hydroxylation is 2. The third kappa shape index (κ3) is 5.39. The van der Waals surface area contributed by atoms with Crippen LogP contribution < -0.4 is 5.32 Å². The predicted octanol–water partition coefficient (Wildman–Crippen LogP) is 3.56. The molecule has 1 aromatic carbocycles. The van der Waals surface area contributed by atoms with E-state index in [0.717, 1.165) is 41.4 Å². The van der Waals surface area contributed by atoms with Crippen LogP contribution in [0, 0.1) is 13.8 Å². The van der Waals surface area contributed by atoms with Gasteiger partial charge in [-0.3, -0.25) is 4.79 Å². The summed E-state index contributed by atoms with van der Waals surface area (Å²) in [6, 6.07) is 6.49. The average Bonchev–Trinajstić information content (AvgIpc) is 2.73. The van der Waals surface area contributed by atoms with Gasteiger partial charge in [-0.15, -0.1) is 0 Å². The monoisotopic (exact) mass is 448 g/mol. The van der Waals surface area contributed by atoms with Crippen molar-refractivity contribution in [2.45, 2.75) is 56.0 Å². The van der Waals surface area contributed by atoms with Crippen LogP contribution in [0.1, 0.15) is 42.6 Å². The molecule has 9 heteroatoms. The zero-order valence-corrected chi connectivity index (χ0v) is 19.3. The Hall–Kier alpha value is -1.97. The molecule has 1 N–H and O–H groups in total. The molecule has 3 rings (SSSR count). The maximum Gasteiger partial charge on any atom is 0.243 e. The quantitative estimate of drug-likeness (QED) is 0.514. The van der Waals surface area contributed by atoms with Crippen molar-refractivity contribution < 1.29 is 13.2 Å². The predicted molar refractivity (Wildman–Crippen MR) is 119 cm³/mol. The van der Waals surface area contributed by atoms with Crippen LogP contribution in [0.2, 0.25) is 0 Å². The van der Waals surface area contributed by atoms with Crippen LogP contribution in [-0.2, 0) is 21.2 Å². The first kappa shape index (κ1) is 22.7. The highest BCUT2D eigenvalue weighted by Gasteiger charge is 2.26. The number of carbonyl (C=O) groups is 1. The second kappa shape index (κ2) is 9.89. The van der Waals surface area contributed by atoms with Gasteiger partial charge in [-0.1, -0.05) is 24.2 Å². The molecule has 0 spiro atoms. The Morgan fingerprint density at radius 3 is 2.43 bits per heavy atom. The van der Waals surface area contributed by atoms with E-state index in [0.29, 0.717) is 25.2 Å². The van der Waals surface area contributed by atoms with Gasteiger partial charge in [0.2, 0.25) is 15.9 Å². The number of piperidine rings is 1. The summed E-state index contributed by atoms with van der Waals surface area (Å²) in [4.78, 5) is 21.6. The van der Waals surface area contributed by atoms with E-state index in [1.807, 2.05) is 20.1 Å². The normalized spacial score (nSPS) is 15.2. The molecule has 0 aliphatic carbocycles. The molecule has 162 valence electrons. The van der Waals surface area contributed by atoms with Gasteiger partial charge < -0.3 is 5.32 Å². The van der Waals surface area contributed by atoms with Crippen LogP contribution in [0.3, 0.4) is 0 Å². The summed E-state index contributed by atoms with van der Waals surface area (Å²) in [6.45, 7) is 4.96. The van der Waals surface area contributed by atoms with Gasteiger partial charge in [0.15, 0.2) is 5.16 Å². The van der Waals surface area contributed by atoms with Gasteiger partial charge in [0.1, 0.15) is 0 Å². The molecule has 1 aromatic heterocycles. The molecule has 0 radical (unpaired) electrons. The topological polar surface area (TPSA) is 92.3 Å². The minimum atomic E-state index is -3.53. The second-order valence-corrected chi connectivity index (χ2v) is 10.1. The van der Waals surface area contributed by atoms with Crippen molar-refractivity contribution >= 4 is 33.4 Å². The Labute approximate surface area is 182 Å². The van der Waals surface area contributed by atoms with Crippen molar-refractivity contribution in [1.82, 2.24) is 14.3 Å². The van der Waals surface area contributed by atoms with Crippen LogP contribution in [-0.4, -0.2) is 47.9 Å². The average molecular weight is 449 g/mol. The largest absolute Gasteiger partial charge is 0.326 e. The molecule has 0 bridgehead atoms. The van der Waals surface area contributed by atoms with Crippen molar-refractivity contribution in [1.29, 1.82) is 0 Å². The van der Waals surface area contributed by atoms with Gasteiger partial charge in [0.25, 0.3) is 0 Å². The molecule has 2 heterocycles. The molecule has 0 atom stereocenters. The van der Waals surface area contributed by atoms with Gasteiger partial charge in [-0.2, -0.15) is 4.31 Å². The third-order valence-electron chi connectivity index (χ3n) is 5.26. The minimum absolute atomic E-state index is 0.171. The fourth-order valence-electron chi connectivity index (χ4n) is 3.61. The molecule has 30 heavy (non-hydrogen) atoms. The van der Waals surface area contributed by atoms with E-state index in [4.69, 9.17) is 0 Å². The van der Waals surface area contributed by atoms with Crippen molar-refractivity contribution in [2.75, 3.05) is 24.7 Å². The van der Waals surface area contributed by atoms with Crippen LogP contribution in [0.25, 0.3) is 0 Å². The Morgan fingerprint density at radius 1 is 1.13 bits per heavy atom. The number of nitrogens with zero attached hydrogens (tertiary/aromatic N) is 3. The number of sulfonamides is 1. The van der Waals surface area contributed by atoms with Crippen LogP contribution in [0.5, 0.6) is 0 Å². The van der Waals surface area contributed by atoms with E-state index in [1.165, 1.54) is 22.1 Å². The minimum Gasteiger partial charge on any atom is -0.326 e. The van der Waals surface area contributed by atoms with Gasteiger partial charge in [-0.05, 0) is 63.1 Å². The van der Waals surface area contributed by atoms with Gasteiger partial charge in [-0.25, -0.2) is 18.4 Å². The molecule has 1 aliphatic heterocycles. The molecule has 2 aromatic rings. The standard InChI is InChI=1S/C21H28N4O3S2/c1-15-19(16(2)23-21(22-15)29-3)10-11-20(26)24-17-8-7-9-18(14-17)30(27,28)25-12-5-4-6-13-25/h7-9,14H,4-6,10-13H2,1-3H3,(H,24,26). The lowest BCUT2D eigenvalue weighted by atomic mass is 10.1. The molecule has 1 saturated heterocycles. The first-order chi connectivity index (χ1) is 14.3. The summed E-state index contributed by atoms with van der Waals surface area (Å²) in [6.07, 6.45) is 5.57. The molecular formula is C21H28N4O3S2. The summed E-state index contributed by atoms with van der Waals surface area (Å²) >= 11 is 1.49. The van der Waals surface area contributed by atoms with E-state index in [9.17, 15) is 13.2 Å². The molecule has 0 saturated carbocycles. The summed E-state index contributed by atoms with van der Waals surface area (Å²) < 4.78 is 27.3. The first-order valence-electron chi connectivity index (χ1n) is 10.1. The molecule has 7 nitrogen and oxygen atoms in total. The van der Waals surface area contributed by atoms with Gasteiger partial charge in [0, 0.05) is 36.6 Å². The highest BCUT2D eigenvalue weighted by Crippen LogP contribution is 2.23. The SMILES string of the molecule is CSc1nc(C)c(CCC(=O)Nc2cccc(S(=O)(=O)N3CCCCC3)c2)c(C)n1. The zero-order valence-electron chi connectivity index (χ0n) is 17.6. The Morgan fingerprint density at radius 2 is 1.80 bits per heavy atom. The highest BCUT2D eigenvalue weighted by atomic mass is 32.2. The highest BCUT2D eigenvalue weighted by molar-refractivity contribution is 7.98. The number of amides is 1. The maximum absolute atomic E-state index is 12.9. The second-order valence-electron chi connectivity index (χ2n) is 7.40. The molecule has 1 amide bonds. The Balaban J connectivity index is 1.66. The van der Waals surface area contributed by atoms with E-state index in [-0.39, 0.29) is 17.2 Å². The number of rotatable bonds is 7. The number of hydrogen-bond acceptors (Lipinski definition) is 6. The summed E-state index contributed by atoms with van der Waals surface area (Å²) in [5, 5.41) is 3.55. The lowest BCUT2D eigenvalue weighted by molar-refractivity contribution is -0.116. The van der Waals surface area contributed by atoms with E-state index >= 15 is 0 Å². The Kier molecular flexibility index (Phi) is 7.49. The van der Waals surface area contributed by atoms with Gasteiger partial charge >= 0.3 is 0 Å². The fourth-order valence-corrected chi connectivity index (χ4v) is 5.63. The summed E-state index contributed by atoms with van der Waals surface area (Å²) in [7, 11) is -3.53. The lowest BCUT2D eigenvalue weighted by Crippen LogP contribution is -2.35. The molecular weight excluding hydrogens is 420 g/mol. The number of hydrogen-bond donors (Lipinski definition) is 1. The number of carbonyl (C=O) groups excluding carboxylic acids is 1. The van der Waals surface area contributed by atoms with E-state index < -0.39 is 10.0 Å². The first-order valence-corrected chi connectivity index (χ1v) is 12.8. The van der Waals surface area contributed by atoms with Crippen LogP contribution >= 0.6 is 11.8 Å². The molecule has 1 aliphatic rings. The van der Waals surface area contributed by atoms with Crippen LogP contribution in [0.4, 0.5) is 5.69 Å². The number of benzene rings is 1. The third-order valence-corrected chi connectivity index (χ3v) is 7.70. The van der Waals surface area contributed by atoms with E-state index in [2.05, 4.69) is 15.3 Å². The zero-order chi connectivity index (χ0) is 21.7. The number of anilines is 1. The fraction of sp³-hybridized carbons (Fsp3) is 0.476. The van der Waals surface area contributed by atoms with Gasteiger partial charge in [0.05, 0.1) is 4.90 Å². The lowest BCUT2D eigenvalue weighted by Gasteiger charge is -2.26. The van der Waals surface area contributed by atoms with E-state index in [1.54, 1.807) is 18.2 Å². The van der Waals surface area contributed by atoms with Crippen LogP contribution in [0.15, 0.2) is 34.3 Å². The number of nitrogens with one attached hydrogen (secondary N) is 1. The van der Waals surface area contributed by atoms with Crippen molar-refractivity contribution in [3.05, 3.63) is 41.2 Å². The molecule has 1 fully saturated rings. The maximum atomic E-state index is 12.9. The molecule has 0 unspecified atom stereocenters.